The molecule has 2 nitrogen and oxygen atoms in total. The minimum Gasteiger partial charge on any atom is -0.491 e. The van der Waals surface area contributed by atoms with E-state index in [-0.39, 0.29) is 17.8 Å². The zero-order valence-corrected chi connectivity index (χ0v) is 16.6. The van der Waals surface area contributed by atoms with Crippen molar-refractivity contribution < 1.29 is 18.3 Å². The van der Waals surface area contributed by atoms with Gasteiger partial charge in [-0.15, -0.1) is 0 Å². The highest BCUT2D eigenvalue weighted by molar-refractivity contribution is 5.33. The van der Waals surface area contributed by atoms with Gasteiger partial charge in [0.1, 0.15) is 0 Å². The molecule has 0 spiro atoms. The minimum absolute atomic E-state index is 0.0125. The first-order chi connectivity index (χ1) is 13.1. The average Bonchev–Trinajstić information content (AvgIpc) is 2.71. The van der Waals surface area contributed by atoms with Gasteiger partial charge < -0.3 is 9.47 Å². The molecule has 1 aromatic rings. The highest BCUT2D eigenvalue weighted by Gasteiger charge is 2.32. The summed E-state index contributed by atoms with van der Waals surface area (Å²) < 4.78 is 39.8. The molecule has 1 saturated carbocycles. The Labute approximate surface area is 161 Å². The van der Waals surface area contributed by atoms with E-state index in [1.165, 1.54) is 6.42 Å². The molecule has 0 radical (unpaired) electrons. The Hall–Kier alpha value is -1.42. The molecule has 0 aromatic heterocycles. The first-order valence-corrected chi connectivity index (χ1v) is 10.5. The van der Waals surface area contributed by atoms with Crippen molar-refractivity contribution in [3.8, 4) is 5.75 Å². The third-order valence-corrected chi connectivity index (χ3v) is 6.19. The van der Waals surface area contributed by atoms with E-state index in [0.717, 1.165) is 45.1 Å². The van der Waals surface area contributed by atoms with E-state index in [2.05, 4.69) is 19.1 Å². The molecule has 1 aliphatic carbocycles. The lowest BCUT2D eigenvalue weighted by atomic mass is 9.72. The second kappa shape index (κ2) is 9.68. The van der Waals surface area contributed by atoms with Gasteiger partial charge in [-0.25, -0.2) is 4.39 Å². The van der Waals surface area contributed by atoms with Crippen LogP contribution in [0.5, 0.6) is 5.75 Å². The minimum atomic E-state index is -0.844. The van der Waals surface area contributed by atoms with Crippen LogP contribution >= 0.6 is 0 Å². The van der Waals surface area contributed by atoms with Gasteiger partial charge in [-0.2, -0.15) is 4.39 Å². The average molecular weight is 379 g/mol. The molecule has 3 rings (SSSR count). The van der Waals surface area contributed by atoms with Gasteiger partial charge in [0.05, 0.1) is 19.3 Å². The standard InChI is InChI=1S/C23H32F2O2/c1-3-5-6-19-12-11-18(15-27-19)16-7-9-17(10-8-16)20-13-14-21(26-4-2)23(25)22(20)24/h5-6,13-14,16-19H,3-4,7-12,15H2,1-2H3/b6-5+. The molecular formula is C23H32F2O2. The summed E-state index contributed by atoms with van der Waals surface area (Å²) in [6, 6.07) is 3.28. The molecule has 1 heterocycles. The normalized spacial score (nSPS) is 29.2. The Bertz CT molecular complexity index is 628. The number of ether oxygens (including phenoxy) is 2. The van der Waals surface area contributed by atoms with Gasteiger partial charge >= 0.3 is 0 Å². The molecule has 0 N–H and O–H groups in total. The van der Waals surface area contributed by atoms with E-state index < -0.39 is 11.6 Å². The molecule has 2 fully saturated rings. The van der Waals surface area contributed by atoms with E-state index in [9.17, 15) is 8.78 Å². The van der Waals surface area contributed by atoms with Gasteiger partial charge in [0, 0.05) is 0 Å². The Morgan fingerprint density at radius 2 is 1.74 bits per heavy atom. The molecule has 0 bridgehead atoms. The maximum Gasteiger partial charge on any atom is 0.200 e. The molecule has 150 valence electrons. The largest absolute Gasteiger partial charge is 0.491 e. The van der Waals surface area contributed by atoms with Gasteiger partial charge in [-0.1, -0.05) is 25.1 Å². The molecular weight excluding hydrogens is 346 g/mol. The summed E-state index contributed by atoms with van der Waals surface area (Å²) in [7, 11) is 0. The van der Waals surface area contributed by atoms with Crippen molar-refractivity contribution in [3.63, 3.8) is 0 Å². The maximum absolute atomic E-state index is 14.5. The SMILES string of the molecule is CC/C=C/C1CCC(C2CCC(c3ccc(OCC)c(F)c3F)CC2)CO1. The summed E-state index contributed by atoms with van der Waals surface area (Å²) in [5, 5.41) is 0. The van der Waals surface area contributed by atoms with Crippen molar-refractivity contribution in [1.82, 2.24) is 0 Å². The lowest BCUT2D eigenvalue weighted by Crippen LogP contribution is -2.31. The highest BCUT2D eigenvalue weighted by atomic mass is 19.2. The maximum atomic E-state index is 14.5. The Kier molecular flexibility index (Phi) is 7.28. The molecule has 1 aromatic carbocycles. The second-order valence-corrected chi connectivity index (χ2v) is 7.87. The van der Waals surface area contributed by atoms with Crippen molar-refractivity contribution in [2.45, 2.75) is 70.8 Å². The van der Waals surface area contributed by atoms with Crippen LogP contribution in [-0.2, 0) is 4.74 Å². The van der Waals surface area contributed by atoms with Crippen LogP contribution in [-0.4, -0.2) is 19.3 Å². The van der Waals surface area contributed by atoms with E-state index in [1.807, 2.05) is 0 Å². The second-order valence-electron chi connectivity index (χ2n) is 7.87. The topological polar surface area (TPSA) is 18.5 Å². The fourth-order valence-corrected chi connectivity index (χ4v) is 4.63. The molecule has 2 atom stereocenters. The summed E-state index contributed by atoms with van der Waals surface area (Å²) in [5.41, 5.74) is 0.513. The van der Waals surface area contributed by atoms with Crippen LogP contribution in [0.15, 0.2) is 24.3 Å². The number of allylic oxidation sites excluding steroid dienone is 1. The third kappa shape index (κ3) is 4.90. The zero-order valence-electron chi connectivity index (χ0n) is 16.6. The lowest BCUT2D eigenvalue weighted by molar-refractivity contribution is -0.0150. The Morgan fingerprint density at radius 3 is 2.37 bits per heavy atom. The van der Waals surface area contributed by atoms with Gasteiger partial charge in [0.25, 0.3) is 0 Å². The zero-order chi connectivity index (χ0) is 19.2. The van der Waals surface area contributed by atoms with E-state index >= 15 is 0 Å². The van der Waals surface area contributed by atoms with E-state index in [0.29, 0.717) is 24.0 Å². The summed E-state index contributed by atoms with van der Waals surface area (Å²) in [4.78, 5) is 0. The van der Waals surface area contributed by atoms with Crippen LogP contribution in [0.3, 0.4) is 0 Å². The molecule has 27 heavy (non-hydrogen) atoms. The van der Waals surface area contributed by atoms with E-state index in [4.69, 9.17) is 9.47 Å². The predicted molar refractivity (Wildman–Crippen MR) is 104 cm³/mol. The number of rotatable bonds is 6. The lowest BCUT2D eigenvalue weighted by Gasteiger charge is -2.37. The summed E-state index contributed by atoms with van der Waals surface area (Å²) >= 11 is 0. The molecule has 2 aliphatic rings. The van der Waals surface area contributed by atoms with Crippen LogP contribution < -0.4 is 4.74 Å². The number of benzene rings is 1. The predicted octanol–water partition coefficient (Wildman–Crippen LogP) is 6.40. The Balaban J connectivity index is 1.54. The molecule has 2 unspecified atom stereocenters. The van der Waals surface area contributed by atoms with Crippen molar-refractivity contribution in [2.24, 2.45) is 11.8 Å². The first-order valence-electron chi connectivity index (χ1n) is 10.5. The third-order valence-electron chi connectivity index (χ3n) is 6.19. The first kappa shape index (κ1) is 20.3. The van der Waals surface area contributed by atoms with Crippen LogP contribution in [0.2, 0.25) is 0 Å². The smallest absolute Gasteiger partial charge is 0.200 e. The van der Waals surface area contributed by atoms with Crippen LogP contribution in [0.25, 0.3) is 0 Å². The van der Waals surface area contributed by atoms with Crippen molar-refractivity contribution in [1.29, 1.82) is 0 Å². The van der Waals surface area contributed by atoms with Crippen molar-refractivity contribution >= 4 is 0 Å². The van der Waals surface area contributed by atoms with Gasteiger partial charge in [0.15, 0.2) is 11.6 Å². The van der Waals surface area contributed by atoms with Gasteiger partial charge in [-0.3, -0.25) is 0 Å². The van der Waals surface area contributed by atoms with E-state index in [1.54, 1.807) is 19.1 Å². The quantitative estimate of drug-likeness (QED) is 0.533. The van der Waals surface area contributed by atoms with Crippen LogP contribution in [0, 0.1) is 23.5 Å². The summed E-state index contributed by atoms with van der Waals surface area (Å²) in [5.74, 6) is -0.193. The molecule has 4 heteroatoms. The fraction of sp³-hybridized carbons (Fsp3) is 0.652. The number of halogens is 2. The highest BCUT2D eigenvalue weighted by Crippen LogP contribution is 2.42. The van der Waals surface area contributed by atoms with Crippen LogP contribution in [0.4, 0.5) is 8.78 Å². The van der Waals surface area contributed by atoms with Crippen molar-refractivity contribution in [3.05, 3.63) is 41.5 Å². The number of hydrogen-bond acceptors (Lipinski definition) is 2. The monoisotopic (exact) mass is 378 g/mol. The summed E-state index contributed by atoms with van der Waals surface area (Å²) in [6.07, 6.45) is 12.0. The molecule has 1 aliphatic heterocycles. The number of hydrogen-bond donors (Lipinski definition) is 0. The molecule has 0 amide bonds. The summed E-state index contributed by atoms with van der Waals surface area (Å²) in [6.45, 7) is 5.07. The Morgan fingerprint density at radius 1 is 1.00 bits per heavy atom. The fourth-order valence-electron chi connectivity index (χ4n) is 4.63. The van der Waals surface area contributed by atoms with Gasteiger partial charge in [0.2, 0.25) is 5.82 Å². The van der Waals surface area contributed by atoms with Crippen LogP contribution in [0.1, 0.15) is 70.3 Å². The van der Waals surface area contributed by atoms with Gasteiger partial charge in [-0.05, 0) is 81.3 Å². The molecule has 1 saturated heterocycles. The van der Waals surface area contributed by atoms with Crippen molar-refractivity contribution in [2.75, 3.05) is 13.2 Å².